The smallest absolute Gasteiger partial charge is 0.321 e. The van der Waals surface area contributed by atoms with Gasteiger partial charge in [-0.15, -0.1) is 0 Å². The number of hydrogen-bond acceptors (Lipinski definition) is 5. The summed E-state index contributed by atoms with van der Waals surface area (Å²) in [7, 11) is 0. The number of rotatable bonds is 7. The topological polar surface area (TPSA) is 70.8 Å². The summed E-state index contributed by atoms with van der Waals surface area (Å²) in [4.78, 5) is 21.5. The third-order valence-corrected chi connectivity index (χ3v) is 5.95. The zero-order chi connectivity index (χ0) is 23.2. The maximum atomic E-state index is 12.6. The predicted molar refractivity (Wildman–Crippen MR) is 130 cm³/mol. The third kappa shape index (κ3) is 5.73. The molecule has 0 aliphatic carbocycles. The minimum Gasteiger partial charge on any atom is -0.494 e. The van der Waals surface area contributed by atoms with Crippen molar-refractivity contribution in [2.24, 2.45) is 0 Å². The average Bonchev–Trinajstić information content (AvgIpc) is 3.20. The van der Waals surface area contributed by atoms with E-state index in [-0.39, 0.29) is 6.03 Å². The molecule has 1 aromatic heterocycles. The highest BCUT2D eigenvalue weighted by molar-refractivity contribution is 5.89. The Balaban J connectivity index is 1.30. The molecule has 1 aliphatic rings. The molecule has 0 spiro atoms. The van der Waals surface area contributed by atoms with Gasteiger partial charge in [-0.05, 0) is 62.2 Å². The first-order valence-electron chi connectivity index (χ1n) is 11.6. The van der Waals surface area contributed by atoms with E-state index < -0.39 is 0 Å². The van der Waals surface area contributed by atoms with Gasteiger partial charge in [-0.3, -0.25) is 4.90 Å². The van der Waals surface area contributed by atoms with Gasteiger partial charge in [0.25, 0.3) is 0 Å². The largest absolute Gasteiger partial charge is 0.494 e. The summed E-state index contributed by atoms with van der Waals surface area (Å²) in [5, 5.41) is 3.00. The highest BCUT2D eigenvalue weighted by atomic mass is 16.5. The number of nitrogens with one attached hydrogen (secondary N) is 1. The second-order valence-electron chi connectivity index (χ2n) is 8.22. The normalized spacial score (nSPS) is 14.3. The number of benzene rings is 2. The Morgan fingerprint density at radius 3 is 2.36 bits per heavy atom. The molecule has 1 fully saturated rings. The lowest BCUT2D eigenvalue weighted by Crippen LogP contribution is -2.49. The molecule has 7 heteroatoms. The number of carbonyl (C=O) groups is 1. The van der Waals surface area contributed by atoms with Crippen LogP contribution in [0.4, 0.5) is 10.5 Å². The number of carbonyl (C=O) groups excluding carboxylic acids is 1. The second kappa shape index (κ2) is 10.5. The summed E-state index contributed by atoms with van der Waals surface area (Å²) in [6.07, 6.45) is 0.989. The fourth-order valence-corrected chi connectivity index (χ4v) is 3.91. The molecular formula is C26H32N4O3. The van der Waals surface area contributed by atoms with Gasteiger partial charge < -0.3 is 19.4 Å². The number of hydrogen-bond donors (Lipinski definition) is 1. The lowest BCUT2D eigenvalue weighted by molar-refractivity contribution is 0.141. The van der Waals surface area contributed by atoms with Crippen molar-refractivity contribution >= 4 is 11.7 Å². The average molecular weight is 449 g/mol. The molecule has 2 aromatic carbocycles. The maximum absolute atomic E-state index is 12.6. The first-order chi connectivity index (χ1) is 16.1. The van der Waals surface area contributed by atoms with Crippen LogP contribution in [-0.4, -0.2) is 53.6 Å². The molecule has 0 saturated carbocycles. The standard InChI is InChI=1S/C26H32N4O3/c1-4-20-6-10-22(11-7-20)27-26(31)30-16-14-29(15-17-30)18-24-19(3)33-25(28-24)21-8-12-23(13-9-21)32-5-2/h6-13H,4-5,14-18H2,1-3H3,(H,27,31). The number of urea groups is 1. The fourth-order valence-electron chi connectivity index (χ4n) is 3.91. The summed E-state index contributed by atoms with van der Waals surface area (Å²) < 4.78 is 11.4. The molecule has 3 aromatic rings. The van der Waals surface area contributed by atoms with Gasteiger partial charge in [-0.1, -0.05) is 19.1 Å². The molecule has 2 heterocycles. The van der Waals surface area contributed by atoms with Gasteiger partial charge in [0.1, 0.15) is 11.5 Å². The molecule has 1 N–H and O–H groups in total. The molecule has 1 saturated heterocycles. The van der Waals surface area contributed by atoms with Crippen LogP contribution >= 0.6 is 0 Å². The summed E-state index contributed by atoms with van der Waals surface area (Å²) >= 11 is 0. The fraction of sp³-hybridized carbons (Fsp3) is 0.385. The number of anilines is 1. The van der Waals surface area contributed by atoms with Crippen LogP contribution in [0.3, 0.4) is 0 Å². The molecule has 0 bridgehead atoms. The molecule has 7 nitrogen and oxygen atoms in total. The highest BCUT2D eigenvalue weighted by Crippen LogP contribution is 2.25. The maximum Gasteiger partial charge on any atom is 0.321 e. The lowest BCUT2D eigenvalue weighted by Gasteiger charge is -2.34. The van der Waals surface area contributed by atoms with Gasteiger partial charge in [0.15, 0.2) is 0 Å². The Morgan fingerprint density at radius 2 is 1.73 bits per heavy atom. The van der Waals surface area contributed by atoms with Crippen LogP contribution in [0.1, 0.15) is 30.9 Å². The third-order valence-electron chi connectivity index (χ3n) is 5.95. The van der Waals surface area contributed by atoms with Crippen molar-refractivity contribution in [2.45, 2.75) is 33.7 Å². The first-order valence-corrected chi connectivity index (χ1v) is 11.6. The van der Waals surface area contributed by atoms with Gasteiger partial charge in [0.05, 0.1) is 12.3 Å². The highest BCUT2D eigenvalue weighted by Gasteiger charge is 2.23. The van der Waals surface area contributed by atoms with Crippen molar-refractivity contribution in [3.8, 4) is 17.2 Å². The van der Waals surface area contributed by atoms with Gasteiger partial charge in [0, 0.05) is 44.0 Å². The number of nitrogens with zero attached hydrogens (tertiary/aromatic N) is 3. The second-order valence-corrected chi connectivity index (χ2v) is 8.22. The van der Waals surface area contributed by atoms with E-state index in [1.807, 2.05) is 55.1 Å². The number of aryl methyl sites for hydroxylation is 2. The number of aromatic nitrogens is 1. The summed E-state index contributed by atoms with van der Waals surface area (Å²) in [5.41, 5.74) is 3.96. The summed E-state index contributed by atoms with van der Waals surface area (Å²) in [6.45, 7) is 10.4. The van der Waals surface area contributed by atoms with Crippen molar-refractivity contribution in [1.82, 2.24) is 14.8 Å². The van der Waals surface area contributed by atoms with Crippen LogP contribution in [0.5, 0.6) is 5.75 Å². The minimum absolute atomic E-state index is 0.0469. The number of amides is 2. The molecule has 2 amide bonds. The van der Waals surface area contributed by atoms with Crippen LogP contribution in [0.15, 0.2) is 52.9 Å². The number of oxazole rings is 1. The quantitative estimate of drug-likeness (QED) is 0.553. The zero-order valence-electron chi connectivity index (χ0n) is 19.6. The van der Waals surface area contributed by atoms with E-state index in [1.54, 1.807) is 0 Å². The van der Waals surface area contributed by atoms with Gasteiger partial charge in [0.2, 0.25) is 5.89 Å². The summed E-state index contributed by atoms with van der Waals surface area (Å²) in [6, 6.07) is 15.8. The van der Waals surface area contributed by atoms with Crippen LogP contribution in [0, 0.1) is 6.92 Å². The Kier molecular flexibility index (Phi) is 7.29. The van der Waals surface area contributed by atoms with E-state index in [2.05, 4.69) is 29.3 Å². The van der Waals surface area contributed by atoms with E-state index >= 15 is 0 Å². The monoisotopic (exact) mass is 448 g/mol. The molecule has 33 heavy (non-hydrogen) atoms. The predicted octanol–water partition coefficient (Wildman–Crippen LogP) is 4.96. The Hall–Kier alpha value is -3.32. The number of ether oxygens (including phenoxy) is 1. The van der Waals surface area contributed by atoms with Crippen LogP contribution < -0.4 is 10.1 Å². The van der Waals surface area contributed by atoms with Crippen molar-refractivity contribution in [3.63, 3.8) is 0 Å². The molecule has 1 aliphatic heterocycles. The molecule has 0 unspecified atom stereocenters. The van der Waals surface area contributed by atoms with Gasteiger partial charge in [-0.25, -0.2) is 9.78 Å². The molecule has 0 atom stereocenters. The molecule has 4 rings (SSSR count). The Morgan fingerprint density at radius 1 is 1.03 bits per heavy atom. The Bertz CT molecular complexity index is 1050. The van der Waals surface area contributed by atoms with Crippen molar-refractivity contribution < 1.29 is 13.9 Å². The van der Waals surface area contributed by atoms with E-state index in [0.717, 1.165) is 48.0 Å². The van der Waals surface area contributed by atoms with Crippen LogP contribution in [-0.2, 0) is 13.0 Å². The van der Waals surface area contributed by atoms with Gasteiger partial charge in [-0.2, -0.15) is 0 Å². The van der Waals surface area contributed by atoms with Crippen molar-refractivity contribution in [3.05, 3.63) is 65.5 Å². The van der Waals surface area contributed by atoms with E-state index in [4.69, 9.17) is 14.1 Å². The van der Waals surface area contributed by atoms with E-state index in [9.17, 15) is 4.79 Å². The first kappa shape index (κ1) is 22.9. The van der Waals surface area contributed by atoms with Crippen molar-refractivity contribution in [1.29, 1.82) is 0 Å². The SMILES string of the molecule is CCOc1ccc(-c2nc(CN3CCN(C(=O)Nc4ccc(CC)cc4)CC3)c(C)o2)cc1. The number of piperazine rings is 1. The summed E-state index contributed by atoms with van der Waals surface area (Å²) in [5.74, 6) is 2.29. The molecule has 174 valence electrons. The van der Waals surface area contributed by atoms with Crippen molar-refractivity contribution in [2.75, 3.05) is 38.1 Å². The van der Waals surface area contributed by atoms with Gasteiger partial charge >= 0.3 is 6.03 Å². The molecule has 0 radical (unpaired) electrons. The minimum atomic E-state index is -0.0469. The Labute approximate surface area is 195 Å². The van der Waals surface area contributed by atoms with E-state index in [0.29, 0.717) is 32.1 Å². The van der Waals surface area contributed by atoms with Crippen LogP contribution in [0.2, 0.25) is 0 Å². The van der Waals surface area contributed by atoms with E-state index in [1.165, 1.54) is 5.56 Å². The van der Waals surface area contributed by atoms with Crippen LogP contribution in [0.25, 0.3) is 11.5 Å². The molecular weight excluding hydrogens is 416 g/mol. The zero-order valence-corrected chi connectivity index (χ0v) is 19.6. The lowest BCUT2D eigenvalue weighted by atomic mass is 10.1.